The van der Waals surface area contributed by atoms with Crippen LogP contribution in [-0.4, -0.2) is 27.6 Å². The number of hydrogen-bond acceptors (Lipinski definition) is 6. The molecule has 1 aromatic carbocycles. The zero-order valence-corrected chi connectivity index (χ0v) is 18.8. The second kappa shape index (κ2) is 9.09. The van der Waals surface area contributed by atoms with E-state index in [1.54, 1.807) is 49.4 Å². The lowest BCUT2D eigenvalue weighted by Crippen LogP contribution is -2.18. The van der Waals surface area contributed by atoms with E-state index in [4.69, 9.17) is 16.0 Å². The Balaban J connectivity index is 2.02. The van der Waals surface area contributed by atoms with Crippen LogP contribution >= 0.6 is 11.6 Å². The second-order valence-corrected chi connectivity index (χ2v) is 10.4. The smallest absolute Gasteiger partial charge is 0.295 e. The van der Waals surface area contributed by atoms with Gasteiger partial charge in [-0.2, -0.15) is 8.42 Å². The third-order valence-corrected chi connectivity index (χ3v) is 7.20. The van der Waals surface area contributed by atoms with Crippen LogP contribution < -0.4 is 4.72 Å². The number of anilines is 1. The second-order valence-electron chi connectivity index (χ2n) is 6.45. The molecule has 162 valence electrons. The molecule has 0 aliphatic heterocycles. The molecule has 0 unspecified atom stereocenters. The van der Waals surface area contributed by atoms with Crippen LogP contribution in [0, 0.1) is 0 Å². The van der Waals surface area contributed by atoms with Gasteiger partial charge in [-0.15, -0.1) is 0 Å². The van der Waals surface area contributed by atoms with Crippen molar-refractivity contribution in [2.45, 2.75) is 17.0 Å². The summed E-state index contributed by atoms with van der Waals surface area (Å²) in [6.07, 6.45) is 7.55. The molecule has 1 N–H and O–H groups in total. The van der Waals surface area contributed by atoms with E-state index >= 15 is 0 Å². The van der Waals surface area contributed by atoms with E-state index in [9.17, 15) is 16.8 Å². The predicted octanol–water partition coefficient (Wildman–Crippen LogP) is 4.74. The summed E-state index contributed by atoms with van der Waals surface area (Å²) >= 11 is 5.96. The molecule has 3 rings (SSSR count). The Bertz CT molecular complexity index is 1370. The Morgan fingerprint density at radius 2 is 1.97 bits per heavy atom. The SMILES string of the molecule is C=C/C(=C\C=C/C)CS(=O)(=O)c1ncc(Cl)cc1NS(=O)(=O)c1cc2ccccc2o1. The van der Waals surface area contributed by atoms with Crippen molar-refractivity contribution in [1.29, 1.82) is 0 Å². The quantitative estimate of drug-likeness (QED) is 0.468. The number of aromatic nitrogens is 1. The maximum Gasteiger partial charge on any atom is 0.295 e. The zero-order valence-electron chi connectivity index (χ0n) is 16.4. The molecule has 3 aromatic rings. The number of sulfonamides is 1. The van der Waals surface area contributed by atoms with Crippen molar-refractivity contribution in [3.63, 3.8) is 0 Å². The van der Waals surface area contributed by atoms with Crippen molar-refractivity contribution >= 4 is 48.1 Å². The van der Waals surface area contributed by atoms with E-state index < -0.39 is 30.6 Å². The number of allylic oxidation sites excluding steroid dienone is 4. The van der Waals surface area contributed by atoms with E-state index in [1.165, 1.54) is 18.2 Å². The molecule has 0 amide bonds. The van der Waals surface area contributed by atoms with Gasteiger partial charge in [-0.1, -0.05) is 60.7 Å². The third kappa shape index (κ3) is 5.25. The van der Waals surface area contributed by atoms with Gasteiger partial charge in [0.25, 0.3) is 10.0 Å². The summed E-state index contributed by atoms with van der Waals surface area (Å²) < 4.78 is 59.4. The monoisotopic (exact) mass is 478 g/mol. The lowest BCUT2D eigenvalue weighted by Gasteiger charge is -2.12. The van der Waals surface area contributed by atoms with Gasteiger partial charge in [-0.05, 0) is 24.6 Å². The van der Waals surface area contributed by atoms with E-state index in [0.717, 1.165) is 6.20 Å². The molecule has 10 heteroatoms. The van der Waals surface area contributed by atoms with Crippen LogP contribution in [-0.2, 0) is 19.9 Å². The highest BCUT2D eigenvalue weighted by molar-refractivity contribution is 7.93. The molecule has 0 saturated heterocycles. The van der Waals surface area contributed by atoms with Crippen molar-refractivity contribution in [1.82, 2.24) is 4.98 Å². The molecule has 0 saturated carbocycles. The number of fused-ring (bicyclic) bond motifs is 1. The van der Waals surface area contributed by atoms with Crippen LogP contribution in [0.3, 0.4) is 0 Å². The lowest BCUT2D eigenvalue weighted by molar-refractivity contribution is 0.484. The number of furan rings is 1. The number of rotatable bonds is 8. The van der Waals surface area contributed by atoms with E-state index in [1.807, 2.05) is 0 Å². The summed E-state index contributed by atoms with van der Waals surface area (Å²) in [7, 11) is -8.28. The minimum absolute atomic E-state index is 0.0645. The molecule has 31 heavy (non-hydrogen) atoms. The predicted molar refractivity (Wildman–Crippen MR) is 121 cm³/mol. The highest BCUT2D eigenvalue weighted by Gasteiger charge is 2.27. The fourth-order valence-electron chi connectivity index (χ4n) is 2.72. The molecule has 0 bridgehead atoms. The standard InChI is InChI=1S/C21H19ClN2O5S2/c1-3-5-8-15(4-2)14-30(25,26)21-18(12-17(22)13-23-21)24-31(27,28)20-11-16-9-6-7-10-19(16)29-20/h3-13,24H,2,14H2,1H3/b5-3-,15-8+. The molecule has 0 atom stereocenters. The lowest BCUT2D eigenvalue weighted by atomic mass is 10.3. The maximum atomic E-state index is 13.0. The van der Waals surface area contributed by atoms with Crippen LogP contribution in [0.25, 0.3) is 11.0 Å². The molecule has 7 nitrogen and oxygen atoms in total. The highest BCUT2D eigenvalue weighted by Crippen LogP contribution is 2.29. The normalized spacial score (nSPS) is 13.0. The van der Waals surface area contributed by atoms with Gasteiger partial charge >= 0.3 is 0 Å². The highest BCUT2D eigenvalue weighted by atomic mass is 35.5. The third-order valence-electron chi connectivity index (χ3n) is 4.15. The first-order chi connectivity index (χ1) is 14.7. The van der Waals surface area contributed by atoms with Crippen LogP contribution in [0.1, 0.15) is 6.92 Å². The van der Waals surface area contributed by atoms with Crippen LogP contribution in [0.2, 0.25) is 5.02 Å². The summed E-state index contributed by atoms with van der Waals surface area (Å²) in [5.74, 6) is -0.422. The molecule has 2 aromatic heterocycles. The minimum atomic E-state index is -4.25. The summed E-state index contributed by atoms with van der Waals surface area (Å²) in [6.45, 7) is 5.41. The average Bonchev–Trinajstić information content (AvgIpc) is 3.16. The summed E-state index contributed by atoms with van der Waals surface area (Å²) in [5.41, 5.74) is 0.521. The number of halogens is 1. The van der Waals surface area contributed by atoms with Crippen LogP contribution in [0.5, 0.6) is 0 Å². The summed E-state index contributed by atoms with van der Waals surface area (Å²) in [4.78, 5) is 3.88. The van der Waals surface area contributed by atoms with E-state index in [-0.39, 0.29) is 15.8 Å². The first kappa shape index (κ1) is 22.8. The Morgan fingerprint density at radius 1 is 1.23 bits per heavy atom. The Kier molecular flexibility index (Phi) is 6.68. The maximum absolute atomic E-state index is 13.0. The van der Waals surface area contributed by atoms with Crippen molar-refractivity contribution in [2.75, 3.05) is 10.5 Å². The van der Waals surface area contributed by atoms with Gasteiger partial charge in [-0.3, -0.25) is 4.72 Å². The van der Waals surface area contributed by atoms with Gasteiger partial charge in [-0.25, -0.2) is 13.4 Å². The van der Waals surface area contributed by atoms with Gasteiger partial charge in [0, 0.05) is 17.6 Å². The zero-order chi connectivity index (χ0) is 22.6. The fraction of sp³-hybridized carbons (Fsp3) is 0.0952. The topological polar surface area (TPSA) is 106 Å². The number of benzene rings is 1. The first-order valence-corrected chi connectivity index (χ1v) is 12.5. The van der Waals surface area contributed by atoms with Gasteiger partial charge in [0.05, 0.1) is 16.5 Å². The summed E-state index contributed by atoms with van der Waals surface area (Å²) in [5, 5.41) is -0.166. The van der Waals surface area contributed by atoms with Crippen molar-refractivity contribution in [3.05, 3.63) is 84.1 Å². The molecule has 2 heterocycles. The largest absolute Gasteiger partial charge is 0.443 e. The van der Waals surface area contributed by atoms with Crippen molar-refractivity contribution in [3.8, 4) is 0 Å². The molecule has 0 radical (unpaired) electrons. The number of para-hydroxylation sites is 1. The fourth-order valence-corrected chi connectivity index (χ4v) is 5.41. The molecular formula is C21H19ClN2O5S2. The van der Waals surface area contributed by atoms with E-state index in [0.29, 0.717) is 16.5 Å². The summed E-state index contributed by atoms with van der Waals surface area (Å²) in [6, 6.07) is 9.30. The number of hydrogen-bond donors (Lipinski definition) is 1. The molecule has 0 spiro atoms. The van der Waals surface area contributed by atoms with Gasteiger partial charge in [0.2, 0.25) is 14.9 Å². The first-order valence-electron chi connectivity index (χ1n) is 9.00. The number of sulfone groups is 1. The van der Waals surface area contributed by atoms with Crippen molar-refractivity contribution in [2.24, 2.45) is 0 Å². The molecule has 0 fully saturated rings. The number of nitrogens with zero attached hydrogens (tertiary/aromatic N) is 1. The van der Waals surface area contributed by atoms with Crippen LogP contribution in [0.4, 0.5) is 5.69 Å². The van der Waals surface area contributed by atoms with Crippen molar-refractivity contribution < 1.29 is 21.3 Å². The van der Waals surface area contributed by atoms with Gasteiger partial charge in [0.15, 0.2) is 5.03 Å². The van der Waals surface area contributed by atoms with E-state index in [2.05, 4.69) is 16.3 Å². The molecule has 0 aliphatic rings. The Hall–Kier alpha value is -2.88. The minimum Gasteiger partial charge on any atom is -0.443 e. The Morgan fingerprint density at radius 3 is 2.65 bits per heavy atom. The molecular weight excluding hydrogens is 460 g/mol. The van der Waals surface area contributed by atoms with Gasteiger partial charge < -0.3 is 4.42 Å². The Labute approximate surface area is 185 Å². The molecule has 0 aliphatic carbocycles. The number of pyridine rings is 1. The average molecular weight is 479 g/mol. The van der Waals surface area contributed by atoms with Gasteiger partial charge in [0.1, 0.15) is 5.58 Å². The number of nitrogens with one attached hydrogen (secondary N) is 1. The van der Waals surface area contributed by atoms with Crippen LogP contribution in [0.15, 0.2) is 93.6 Å².